The van der Waals surface area contributed by atoms with Crippen molar-refractivity contribution in [3.05, 3.63) is 376 Å². The molecule has 4 nitrogen and oxygen atoms in total. The van der Waals surface area contributed by atoms with Gasteiger partial charge in [0, 0.05) is 33.2 Å². The van der Waals surface area contributed by atoms with Crippen molar-refractivity contribution in [3.8, 4) is 56.4 Å². The van der Waals surface area contributed by atoms with Gasteiger partial charge in [0.25, 0.3) is 0 Å². The highest BCUT2D eigenvalue weighted by atomic mass is 28.3. The fraction of sp³-hybridized carbons (Fsp3) is 0. The molecule has 3 aromatic heterocycles. The van der Waals surface area contributed by atoms with Crippen molar-refractivity contribution >= 4 is 101 Å². The van der Waals surface area contributed by atoms with Crippen LogP contribution in [-0.4, -0.2) is 35.2 Å². The van der Waals surface area contributed by atoms with Crippen molar-refractivity contribution < 1.29 is 0 Å². The van der Waals surface area contributed by atoms with Gasteiger partial charge in [-0.3, -0.25) is 9.13 Å². The lowest BCUT2D eigenvalue weighted by atomic mass is 10.0. The van der Waals surface area contributed by atoms with Crippen molar-refractivity contribution in [2.45, 2.75) is 0 Å². The van der Waals surface area contributed by atoms with E-state index in [1.165, 1.54) is 69.3 Å². The Morgan fingerprint density at radius 2 is 0.500 bits per heavy atom. The molecular formula is C88H62N4Si2. The summed E-state index contributed by atoms with van der Waals surface area (Å²) in [7, 11) is -6.80. The Morgan fingerprint density at radius 1 is 0.191 bits per heavy atom. The van der Waals surface area contributed by atoms with Gasteiger partial charge in [-0.1, -0.05) is 340 Å². The second-order valence-electron chi connectivity index (χ2n) is 24.4. The van der Waals surface area contributed by atoms with E-state index in [9.17, 15) is 0 Å². The molecule has 442 valence electrons. The van der Waals surface area contributed by atoms with Gasteiger partial charge >= 0.3 is 0 Å². The average molecular weight is 1230 g/mol. The third-order valence-electron chi connectivity index (χ3n) is 19.3. The molecule has 17 rings (SSSR count). The van der Waals surface area contributed by atoms with E-state index >= 15 is 0 Å². The van der Waals surface area contributed by atoms with Gasteiger partial charge in [-0.2, -0.15) is 4.98 Å². The first kappa shape index (κ1) is 56.2. The zero-order valence-corrected chi connectivity index (χ0v) is 53.6. The van der Waals surface area contributed by atoms with Crippen LogP contribution in [0, 0.1) is 0 Å². The summed E-state index contributed by atoms with van der Waals surface area (Å²) in [5.41, 5.74) is 13.0. The first-order valence-corrected chi connectivity index (χ1v) is 36.3. The summed E-state index contributed by atoms with van der Waals surface area (Å²) in [6.45, 7) is 0. The molecule has 0 aliphatic rings. The first-order valence-electron chi connectivity index (χ1n) is 32.3. The lowest BCUT2D eigenvalue weighted by Gasteiger charge is -2.38. The van der Waals surface area contributed by atoms with E-state index < -0.39 is 16.1 Å². The van der Waals surface area contributed by atoms with Crippen LogP contribution >= 0.6 is 0 Å². The lowest BCUT2D eigenvalue weighted by Crippen LogP contribution is -2.78. The number of hydrogen-bond acceptors (Lipinski definition) is 2. The van der Waals surface area contributed by atoms with Crippen LogP contribution in [0.4, 0.5) is 0 Å². The van der Waals surface area contributed by atoms with Gasteiger partial charge in [0.1, 0.15) is 5.82 Å². The summed E-state index contributed by atoms with van der Waals surface area (Å²) in [6.07, 6.45) is 0. The predicted molar refractivity (Wildman–Crippen MR) is 400 cm³/mol. The number of hydrogen-bond donors (Lipinski definition) is 0. The van der Waals surface area contributed by atoms with Crippen molar-refractivity contribution in [1.82, 2.24) is 19.1 Å². The molecule has 14 aromatic carbocycles. The Morgan fingerprint density at radius 3 is 0.915 bits per heavy atom. The highest BCUT2D eigenvalue weighted by Gasteiger charge is 2.46. The third-order valence-corrected chi connectivity index (χ3v) is 28.8. The minimum Gasteiger partial charge on any atom is -0.294 e. The molecule has 0 N–H and O–H groups in total. The number of benzene rings is 14. The van der Waals surface area contributed by atoms with Gasteiger partial charge in [0.15, 0.2) is 16.1 Å². The van der Waals surface area contributed by atoms with Gasteiger partial charge in [0.05, 0.1) is 27.8 Å². The highest BCUT2D eigenvalue weighted by molar-refractivity contribution is 7.22. The van der Waals surface area contributed by atoms with E-state index in [0.717, 1.165) is 66.3 Å². The number of fused-ring (bicyclic) bond motifs is 6. The molecule has 0 spiro atoms. The highest BCUT2D eigenvalue weighted by Crippen LogP contribution is 2.37. The lowest BCUT2D eigenvalue weighted by molar-refractivity contribution is 0.952. The number of aromatic nitrogens is 4. The molecule has 0 bridgehead atoms. The Hall–Kier alpha value is -11.8. The minimum absolute atomic E-state index is 0.581. The van der Waals surface area contributed by atoms with E-state index in [2.05, 4.69) is 385 Å². The van der Waals surface area contributed by atoms with Gasteiger partial charge in [-0.05, 0) is 105 Å². The van der Waals surface area contributed by atoms with Crippen LogP contribution in [0.2, 0.25) is 0 Å². The zero-order valence-electron chi connectivity index (χ0n) is 51.6. The molecule has 0 aliphatic heterocycles. The molecule has 0 radical (unpaired) electrons. The number of nitrogens with zero attached hydrogens (tertiary/aromatic N) is 4. The van der Waals surface area contributed by atoms with Crippen molar-refractivity contribution in [2.75, 3.05) is 0 Å². The summed E-state index contributed by atoms with van der Waals surface area (Å²) >= 11 is 0. The Labute approximate surface area is 549 Å². The molecule has 94 heavy (non-hydrogen) atoms. The van der Waals surface area contributed by atoms with E-state index in [1.807, 2.05) is 0 Å². The van der Waals surface area contributed by atoms with Gasteiger partial charge in [0.2, 0.25) is 5.95 Å². The van der Waals surface area contributed by atoms with Crippen LogP contribution in [-0.2, 0) is 0 Å². The largest absolute Gasteiger partial charge is 0.294 e. The van der Waals surface area contributed by atoms with Gasteiger partial charge in [-0.25, -0.2) is 4.98 Å². The molecule has 0 amide bonds. The summed E-state index contributed by atoms with van der Waals surface area (Å²) in [5, 5.41) is 14.8. The molecule has 3 heterocycles. The van der Waals surface area contributed by atoms with Crippen molar-refractivity contribution in [2.24, 2.45) is 0 Å². The molecule has 6 heteroatoms. The second-order valence-corrected chi connectivity index (χ2v) is 32.0. The zero-order chi connectivity index (χ0) is 62.4. The number of rotatable bonds is 14. The maximum absolute atomic E-state index is 6.04. The first-order chi connectivity index (χ1) is 46.6. The predicted octanol–water partition coefficient (Wildman–Crippen LogP) is 16.1. The Kier molecular flexibility index (Phi) is 14.2. The van der Waals surface area contributed by atoms with Gasteiger partial charge in [-0.15, -0.1) is 0 Å². The normalized spacial score (nSPS) is 11.8. The van der Waals surface area contributed by atoms with Crippen LogP contribution in [0.15, 0.2) is 376 Å². The summed E-state index contributed by atoms with van der Waals surface area (Å²) < 4.78 is 4.65. The van der Waals surface area contributed by atoms with Crippen LogP contribution < -0.4 is 41.5 Å². The SMILES string of the molecule is c1ccc(-c2ccc([Si](c3ccccc3)(c3ccccc3)c3cc(-c4cc(-n5c6ccccc6c6ccccc65)nc(-n5c6ccccc6c6cc(-c7ccccc7)ccc65)n4)cc([Si](c4ccccc4)(c4ccccc4)c4ccc(-c5ccccc5)cc4)c3)cc2)cc1. The minimum atomic E-state index is -3.40. The van der Waals surface area contributed by atoms with Gasteiger partial charge < -0.3 is 0 Å². The number of para-hydroxylation sites is 3. The molecular weight excluding hydrogens is 1170 g/mol. The molecule has 0 atom stereocenters. The van der Waals surface area contributed by atoms with Crippen LogP contribution in [0.5, 0.6) is 0 Å². The molecule has 17 aromatic rings. The van der Waals surface area contributed by atoms with Crippen LogP contribution in [0.25, 0.3) is 100 Å². The van der Waals surface area contributed by atoms with Crippen LogP contribution in [0.3, 0.4) is 0 Å². The summed E-state index contributed by atoms with van der Waals surface area (Å²) in [6, 6.07) is 140. The Bertz CT molecular complexity index is 5250. The molecule has 0 saturated carbocycles. The average Bonchev–Trinajstić information content (AvgIpc) is 1.04. The summed E-state index contributed by atoms with van der Waals surface area (Å²) in [5.74, 6) is 1.35. The van der Waals surface area contributed by atoms with Crippen molar-refractivity contribution in [3.63, 3.8) is 0 Å². The van der Waals surface area contributed by atoms with Crippen LogP contribution in [0.1, 0.15) is 0 Å². The maximum Gasteiger partial charge on any atom is 0.237 e. The summed E-state index contributed by atoms with van der Waals surface area (Å²) in [4.78, 5) is 11.9. The van der Waals surface area contributed by atoms with Crippen molar-refractivity contribution in [1.29, 1.82) is 0 Å². The Balaban J connectivity index is 1.03. The van der Waals surface area contributed by atoms with E-state index in [1.54, 1.807) is 0 Å². The maximum atomic E-state index is 6.04. The van der Waals surface area contributed by atoms with E-state index in [0.29, 0.717) is 5.95 Å². The molecule has 0 unspecified atom stereocenters. The topological polar surface area (TPSA) is 35.6 Å². The smallest absolute Gasteiger partial charge is 0.237 e. The quantitative estimate of drug-likeness (QED) is 0.0803. The molecule has 0 saturated heterocycles. The standard InChI is InChI=1S/C88H62N4Si2/c1-8-28-63(29-9-1)66-48-53-74(54-49-66)93(70-34-14-4-15-35-70,71-36-16-5-17-37-71)76-58-69(59-77(61-76)94(72-38-18-6-19-39-72,73-40-20-7-21-41-73)75-55-50-67(51-56-75)64-30-10-2-11-31-64)82-62-87(91-83-45-25-22-42-78(83)79-43-23-26-46-84(79)91)90-88(89-82)92-85-47-27-24-44-80(85)81-60-68(52-57-86(81)92)65-32-12-3-13-33-65/h1-62H. The molecule has 0 aliphatic carbocycles. The second kappa shape index (κ2) is 23.8. The fourth-order valence-corrected chi connectivity index (χ4v) is 24.7. The fourth-order valence-electron chi connectivity index (χ4n) is 15.0. The van der Waals surface area contributed by atoms with E-state index in [4.69, 9.17) is 9.97 Å². The molecule has 0 fully saturated rings. The monoisotopic (exact) mass is 1230 g/mol. The third kappa shape index (κ3) is 9.49. The van der Waals surface area contributed by atoms with E-state index in [-0.39, 0.29) is 0 Å².